The lowest BCUT2D eigenvalue weighted by Gasteiger charge is -2.12. The summed E-state index contributed by atoms with van der Waals surface area (Å²) in [4.78, 5) is 10.5. The summed E-state index contributed by atoms with van der Waals surface area (Å²) in [7, 11) is 1.51. The topological polar surface area (TPSA) is 85.4 Å². The van der Waals surface area contributed by atoms with Gasteiger partial charge in [0, 0.05) is 12.1 Å². The van der Waals surface area contributed by atoms with E-state index < -0.39 is 4.92 Å². The standard InChI is InChI=1S/C23H16Cl2N2O4/c1-30-23-11-15(9-18(13-26)17-3-2-4-19(12-17)27(28)29)6-8-22(23)31-14-16-5-7-20(24)21(25)10-16/h2-12H,14H2,1H3. The number of nitrogens with zero attached hydrogens (tertiary/aromatic N) is 2. The molecule has 0 atom stereocenters. The van der Waals surface area contributed by atoms with E-state index in [4.69, 9.17) is 32.7 Å². The van der Waals surface area contributed by atoms with Crippen molar-refractivity contribution in [3.63, 3.8) is 0 Å². The molecule has 31 heavy (non-hydrogen) atoms. The fourth-order valence-electron chi connectivity index (χ4n) is 2.82. The zero-order valence-corrected chi connectivity index (χ0v) is 17.9. The van der Waals surface area contributed by atoms with Crippen LogP contribution in [-0.2, 0) is 6.61 Å². The van der Waals surface area contributed by atoms with Crippen LogP contribution in [0, 0.1) is 21.4 Å². The average molecular weight is 455 g/mol. The number of benzene rings is 3. The minimum atomic E-state index is -0.498. The molecule has 0 N–H and O–H groups in total. The van der Waals surface area contributed by atoms with Gasteiger partial charge in [-0.2, -0.15) is 5.26 Å². The van der Waals surface area contributed by atoms with Gasteiger partial charge in [-0.05, 0) is 47.0 Å². The van der Waals surface area contributed by atoms with Gasteiger partial charge >= 0.3 is 0 Å². The van der Waals surface area contributed by atoms with E-state index in [2.05, 4.69) is 6.07 Å². The SMILES string of the molecule is COc1cc(C=C(C#N)c2cccc([N+](=O)[O-])c2)ccc1OCc1ccc(Cl)c(Cl)c1. The highest BCUT2D eigenvalue weighted by atomic mass is 35.5. The van der Waals surface area contributed by atoms with Crippen molar-refractivity contribution >= 4 is 40.5 Å². The van der Waals surface area contributed by atoms with E-state index in [1.807, 2.05) is 6.07 Å². The molecule has 3 aromatic rings. The summed E-state index contributed by atoms with van der Waals surface area (Å²) in [5, 5.41) is 21.5. The zero-order valence-electron chi connectivity index (χ0n) is 16.3. The molecule has 0 bridgehead atoms. The van der Waals surface area contributed by atoms with Crippen molar-refractivity contribution in [1.82, 2.24) is 0 Å². The van der Waals surface area contributed by atoms with Gasteiger partial charge in [-0.25, -0.2) is 0 Å². The summed E-state index contributed by atoms with van der Waals surface area (Å²) < 4.78 is 11.2. The third kappa shape index (κ3) is 5.54. The van der Waals surface area contributed by atoms with Crippen LogP contribution in [-0.4, -0.2) is 12.0 Å². The second kappa shape index (κ2) is 9.98. The Hall–Kier alpha value is -3.53. The molecule has 0 aliphatic heterocycles. The number of methoxy groups -OCH3 is 1. The van der Waals surface area contributed by atoms with E-state index in [-0.39, 0.29) is 17.9 Å². The fraction of sp³-hybridized carbons (Fsp3) is 0.0870. The van der Waals surface area contributed by atoms with Gasteiger partial charge in [0.25, 0.3) is 5.69 Å². The Kier molecular flexibility index (Phi) is 7.14. The molecule has 3 rings (SSSR count). The molecule has 0 fully saturated rings. The van der Waals surface area contributed by atoms with Crippen LogP contribution in [0.3, 0.4) is 0 Å². The highest BCUT2D eigenvalue weighted by Crippen LogP contribution is 2.31. The predicted molar refractivity (Wildman–Crippen MR) is 120 cm³/mol. The third-order valence-corrected chi connectivity index (χ3v) is 5.10. The molecule has 0 unspecified atom stereocenters. The van der Waals surface area contributed by atoms with Crippen molar-refractivity contribution in [3.8, 4) is 17.6 Å². The largest absolute Gasteiger partial charge is 0.493 e. The van der Waals surface area contributed by atoms with Gasteiger partial charge in [0.1, 0.15) is 6.61 Å². The Morgan fingerprint density at radius 2 is 1.90 bits per heavy atom. The Bertz CT molecular complexity index is 1200. The number of hydrogen-bond donors (Lipinski definition) is 0. The summed E-state index contributed by atoms with van der Waals surface area (Å²) in [5.41, 5.74) is 2.19. The summed E-state index contributed by atoms with van der Waals surface area (Å²) in [6.07, 6.45) is 1.63. The molecular weight excluding hydrogens is 439 g/mol. The van der Waals surface area contributed by atoms with Crippen LogP contribution in [0.4, 0.5) is 5.69 Å². The molecule has 0 spiro atoms. The fourth-order valence-corrected chi connectivity index (χ4v) is 3.14. The first kappa shape index (κ1) is 22.2. The summed E-state index contributed by atoms with van der Waals surface area (Å²) in [6, 6.07) is 18.5. The lowest BCUT2D eigenvalue weighted by atomic mass is 10.0. The summed E-state index contributed by atoms with van der Waals surface area (Å²) in [6.45, 7) is 0.263. The molecule has 0 aliphatic carbocycles. The van der Waals surface area contributed by atoms with Crippen LogP contribution < -0.4 is 9.47 Å². The summed E-state index contributed by atoms with van der Waals surface area (Å²) in [5.74, 6) is 0.990. The number of rotatable bonds is 7. The lowest BCUT2D eigenvalue weighted by molar-refractivity contribution is -0.384. The zero-order chi connectivity index (χ0) is 22.4. The predicted octanol–water partition coefficient (Wildman–Crippen LogP) is 6.55. The van der Waals surface area contributed by atoms with E-state index >= 15 is 0 Å². The van der Waals surface area contributed by atoms with Crippen LogP contribution in [0.5, 0.6) is 11.5 Å². The first-order chi connectivity index (χ1) is 14.9. The van der Waals surface area contributed by atoms with Gasteiger partial charge in [0.05, 0.1) is 33.7 Å². The van der Waals surface area contributed by atoms with E-state index in [1.165, 1.54) is 19.2 Å². The van der Waals surface area contributed by atoms with E-state index in [1.54, 1.807) is 48.5 Å². The maximum atomic E-state index is 11.0. The van der Waals surface area contributed by atoms with Crippen molar-refractivity contribution in [2.45, 2.75) is 6.61 Å². The molecule has 8 heteroatoms. The number of allylic oxidation sites excluding steroid dienone is 1. The van der Waals surface area contributed by atoms with Gasteiger partial charge in [-0.3, -0.25) is 10.1 Å². The second-order valence-electron chi connectivity index (χ2n) is 6.42. The van der Waals surface area contributed by atoms with E-state index in [0.717, 1.165) is 5.56 Å². The molecule has 0 saturated heterocycles. The van der Waals surface area contributed by atoms with Crippen molar-refractivity contribution in [3.05, 3.63) is 97.5 Å². The van der Waals surface area contributed by atoms with Gasteiger partial charge < -0.3 is 9.47 Å². The molecule has 6 nitrogen and oxygen atoms in total. The third-order valence-electron chi connectivity index (χ3n) is 4.37. The van der Waals surface area contributed by atoms with Gasteiger partial charge in [0.15, 0.2) is 11.5 Å². The first-order valence-corrected chi connectivity index (χ1v) is 9.78. The number of ether oxygens (including phenoxy) is 2. The van der Waals surface area contributed by atoms with Crippen LogP contribution >= 0.6 is 23.2 Å². The number of hydrogen-bond acceptors (Lipinski definition) is 5. The van der Waals surface area contributed by atoms with Crippen molar-refractivity contribution in [1.29, 1.82) is 5.26 Å². The average Bonchev–Trinajstić information content (AvgIpc) is 2.78. The van der Waals surface area contributed by atoms with Crippen LogP contribution in [0.2, 0.25) is 10.0 Å². The van der Waals surface area contributed by atoms with E-state index in [0.29, 0.717) is 32.7 Å². The Morgan fingerprint density at radius 3 is 2.58 bits per heavy atom. The maximum absolute atomic E-state index is 11.0. The van der Waals surface area contributed by atoms with Gasteiger partial charge in [-0.15, -0.1) is 0 Å². The minimum Gasteiger partial charge on any atom is -0.493 e. The van der Waals surface area contributed by atoms with Crippen LogP contribution in [0.1, 0.15) is 16.7 Å². The first-order valence-electron chi connectivity index (χ1n) is 9.02. The number of halogens is 2. The van der Waals surface area contributed by atoms with Gasteiger partial charge in [0.2, 0.25) is 0 Å². The molecule has 0 saturated carbocycles. The monoisotopic (exact) mass is 454 g/mol. The molecule has 156 valence electrons. The number of non-ortho nitro benzene ring substituents is 1. The van der Waals surface area contributed by atoms with E-state index in [9.17, 15) is 15.4 Å². The number of nitriles is 1. The molecule has 0 radical (unpaired) electrons. The molecular formula is C23H16Cl2N2O4. The molecule has 0 heterocycles. The smallest absolute Gasteiger partial charge is 0.270 e. The minimum absolute atomic E-state index is 0.0812. The highest BCUT2D eigenvalue weighted by molar-refractivity contribution is 6.42. The normalized spacial score (nSPS) is 11.0. The Balaban J connectivity index is 1.84. The highest BCUT2D eigenvalue weighted by Gasteiger charge is 2.11. The summed E-state index contributed by atoms with van der Waals surface area (Å²) >= 11 is 12.0. The van der Waals surface area contributed by atoms with Gasteiger partial charge in [-0.1, -0.05) is 47.5 Å². The van der Waals surface area contributed by atoms with Crippen molar-refractivity contribution in [2.24, 2.45) is 0 Å². The molecule has 0 aliphatic rings. The lowest BCUT2D eigenvalue weighted by Crippen LogP contribution is -1.98. The van der Waals surface area contributed by atoms with Crippen LogP contribution in [0.15, 0.2) is 60.7 Å². The Labute approximate surface area is 189 Å². The molecule has 0 amide bonds. The quantitative estimate of drug-likeness (QED) is 0.174. The number of nitro benzene ring substituents is 1. The second-order valence-corrected chi connectivity index (χ2v) is 7.24. The molecule has 0 aromatic heterocycles. The number of nitro groups is 1. The van der Waals surface area contributed by atoms with Crippen molar-refractivity contribution in [2.75, 3.05) is 7.11 Å². The Morgan fingerprint density at radius 1 is 1.10 bits per heavy atom. The maximum Gasteiger partial charge on any atom is 0.270 e. The molecule has 3 aromatic carbocycles. The van der Waals surface area contributed by atoms with Crippen molar-refractivity contribution < 1.29 is 14.4 Å². The van der Waals surface area contributed by atoms with Crippen LogP contribution in [0.25, 0.3) is 11.6 Å².